The van der Waals surface area contributed by atoms with Gasteiger partial charge in [0, 0.05) is 49.7 Å². The summed E-state index contributed by atoms with van der Waals surface area (Å²) in [6.45, 7) is 8.11. The normalized spacial score (nSPS) is 10.1. The molecule has 0 saturated carbocycles. The van der Waals surface area contributed by atoms with Crippen molar-refractivity contribution < 1.29 is 9.53 Å². The summed E-state index contributed by atoms with van der Waals surface area (Å²) in [5, 5.41) is 3.02. The SMILES string of the molecule is CC(C)(C)OC(=O)N(CCCl)CCCl.Cl.ClCCNCCCl. The predicted octanol–water partition coefficient (Wildman–Crippen LogP) is 4.18. The molecular weight excluding hydrogens is 393 g/mol. The van der Waals surface area contributed by atoms with Gasteiger partial charge in [0.05, 0.1) is 0 Å². The van der Waals surface area contributed by atoms with E-state index in [1.807, 2.05) is 20.8 Å². The van der Waals surface area contributed by atoms with Crippen molar-refractivity contribution in [3.8, 4) is 0 Å². The third kappa shape index (κ3) is 20.7. The zero-order valence-corrected chi connectivity index (χ0v) is 17.2. The molecule has 1 N–H and O–H groups in total. The van der Waals surface area contributed by atoms with Crippen LogP contribution in [0.3, 0.4) is 0 Å². The third-order valence-electron chi connectivity index (χ3n) is 1.90. The molecule has 0 aliphatic carbocycles. The molecule has 0 aromatic carbocycles. The summed E-state index contributed by atoms with van der Waals surface area (Å²) in [5.74, 6) is 2.10. The van der Waals surface area contributed by atoms with Crippen molar-refractivity contribution in [3.05, 3.63) is 0 Å². The van der Waals surface area contributed by atoms with Crippen LogP contribution in [0, 0.1) is 0 Å². The van der Waals surface area contributed by atoms with Crippen molar-refractivity contribution in [2.24, 2.45) is 0 Å². The number of carbonyl (C=O) groups is 1. The van der Waals surface area contributed by atoms with Gasteiger partial charge in [0.15, 0.2) is 0 Å². The van der Waals surface area contributed by atoms with Gasteiger partial charge >= 0.3 is 6.09 Å². The Morgan fingerprint density at radius 2 is 1.36 bits per heavy atom. The lowest BCUT2D eigenvalue weighted by Crippen LogP contribution is -2.39. The number of halogens is 5. The number of rotatable bonds is 8. The minimum absolute atomic E-state index is 0. The topological polar surface area (TPSA) is 41.6 Å². The van der Waals surface area contributed by atoms with Crippen LogP contribution in [0.4, 0.5) is 4.79 Å². The summed E-state index contributed by atoms with van der Waals surface area (Å²) in [7, 11) is 0. The van der Waals surface area contributed by atoms with Crippen LogP contribution in [0.2, 0.25) is 0 Å². The van der Waals surface area contributed by atoms with Crippen molar-refractivity contribution in [1.29, 1.82) is 0 Å². The van der Waals surface area contributed by atoms with Crippen LogP contribution >= 0.6 is 58.8 Å². The number of alkyl halides is 4. The van der Waals surface area contributed by atoms with E-state index in [0.717, 1.165) is 13.1 Å². The van der Waals surface area contributed by atoms with E-state index in [2.05, 4.69) is 5.32 Å². The minimum atomic E-state index is -0.478. The number of hydrogen-bond acceptors (Lipinski definition) is 3. The smallest absolute Gasteiger partial charge is 0.410 e. The first-order chi connectivity index (χ1) is 9.82. The number of nitrogens with one attached hydrogen (secondary N) is 1. The lowest BCUT2D eigenvalue weighted by atomic mass is 10.2. The number of carbonyl (C=O) groups excluding carboxylic acids is 1. The summed E-state index contributed by atoms with van der Waals surface area (Å²) >= 11 is 21.8. The summed E-state index contributed by atoms with van der Waals surface area (Å²) in [6, 6.07) is 0. The summed E-state index contributed by atoms with van der Waals surface area (Å²) < 4.78 is 5.17. The average Bonchev–Trinajstić information content (AvgIpc) is 2.38. The van der Waals surface area contributed by atoms with E-state index in [-0.39, 0.29) is 18.5 Å². The molecule has 0 aliphatic rings. The van der Waals surface area contributed by atoms with E-state index in [4.69, 9.17) is 51.1 Å². The van der Waals surface area contributed by atoms with Gasteiger partial charge < -0.3 is 15.0 Å². The molecule has 0 atom stereocenters. The Morgan fingerprint density at radius 3 is 1.64 bits per heavy atom. The molecule has 136 valence electrons. The highest BCUT2D eigenvalue weighted by atomic mass is 35.5. The van der Waals surface area contributed by atoms with Crippen molar-refractivity contribution in [2.75, 3.05) is 49.7 Å². The molecule has 0 spiro atoms. The Bertz CT molecular complexity index is 243. The number of nitrogens with zero attached hydrogens (tertiary/aromatic N) is 1. The van der Waals surface area contributed by atoms with Crippen molar-refractivity contribution in [2.45, 2.75) is 26.4 Å². The van der Waals surface area contributed by atoms with Crippen LogP contribution in [0.5, 0.6) is 0 Å². The maximum atomic E-state index is 11.5. The summed E-state index contributed by atoms with van der Waals surface area (Å²) in [6.07, 6.45) is -0.362. The fraction of sp³-hybridized carbons (Fsp3) is 0.923. The molecule has 0 fully saturated rings. The molecule has 9 heteroatoms. The van der Waals surface area contributed by atoms with Gasteiger partial charge in [-0.1, -0.05) is 0 Å². The van der Waals surface area contributed by atoms with Crippen LogP contribution in [0.1, 0.15) is 20.8 Å². The molecule has 0 rings (SSSR count). The number of hydrogen-bond donors (Lipinski definition) is 1. The molecular formula is C13H27Cl5N2O2. The van der Waals surface area contributed by atoms with Gasteiger partial charge in [-0.05, 0) is 20.8 Å². The molecule has 22 heavy (non-hydrogen) atoms. The predicted molar refractivity (Wildman–Crippen MR) is 101 cm³/mol. The van der Waals surface area contributed by atoms with E-state index in [1.54, 1.807) is 0 Å². The second-order valence-corrected chi connectivity index (χ2v) is 6.49. The highest BCUT2D eigenvalue weighted by Crippen LogP contribution is 2.10. The van der Waals surface area contributed by atoms with Crippen LogP contribution in [-0.2, 0) is 4.74 Å². The molecule has 0 aliphatic heterocycles. The summed E-state index contributed by atoms with van der Waals surface area (Å²) in [4.78, 5) is 13.0. The van der Waals surface area contributed by atoms with E-state index in [9.17, 15) is 4.79 Å². The van der Waals surface area contributed by atoms with Crippen molar-refractivity contribution in [1.82, 2.24) is 10.2 Å². The Hall–Kier alpha value is 0.680. The highest BCUT2D eigenvalue weighted by molar-refractivity contribution is 6.18. The van der Waals surface area contributed by atoms with Gasteiger partial charge in [0.1, 0.15) is 5.60 Å². The molecule has 0 radical (unpaired) electrons. The van der Waals surface area contributed by atoms with Crippen LogP contribution in [0.15, 0.2) is 0 Å². The largest absolute Gasteiger partial charge is 0.444 e. The first kappa shape index (κ1) is 27.5. The number of amides is 1. The molecule has 4 nitrogen and oxygen atoms in total. The lowest BCUT2D eigenvalue weighted by molar-refractivity contribution is 0.0273. The Balaban J connectivity index is -0.000000385. The molecule has 0 aromatic rings. The van der Waals surface area contributed by atoms with Gasteiger partial charge in [-0.25, -0.2) is 4.79 Å². The molecule has 0 aromatic heterocycles. The van der Waals surface area contributed by atoms with Crippen LogP contribution < -0.4 is 5.32 Å². The quantitative estimate of drug-likeness (QED) is 0.473. The van der Waals surface area contributed by atoms with E-state index in [0.29, 0.717) is 36.6 Å². The van der Waals surface area contributed by atoms with Gasteiger partial charge in [-0.2, -0.15) is 0 Å². The minimum Gasteiger partial charge on any atom is -0.444 e. The van der Waals surface area contributed by atoms with Gasteiger partial charge in [-0.15, -0.1) is 58.8 Å². The van der Waals surface area contributed by atoms with Crippen molar-refractivity contribution in [3.63, 3.8) is 0 Å². The fourth-order valence-electron chi connectivity index (χ4n) is 1.08. The van der Waals surface area contributed by atoms with Crippen molar-refractivity contribution >= 4 is 64.9 Å². The van der Waals surface area contributed by atoms with Gasteiger partial charge in [0.25, 0.3) is 0 Å². The molecule has 1 amide bonds. The Labute approximate surface area is 160 Å². The fourth-order valence-corrected chi connectivity index (χ4v) is 1.76. The zero-order chi connectivity index (χ0) is 16.7. The van der Waals surface area contributed by atoms with E-state index in [1.165, 1.54) is 4.90 Å². The first-order valence-electron chi connectivity index (χ1n) is 6.74. The average molecular weight is 421 g/mol. The number of ether oxygens (including phenoxy) is 1. The molecule has 0 bridgehead atoms. The van der Waals surface area contributed by atoms with Gasteiger partial charge in [0.2, 0.25) is 0 Å². The first-order valence-corrected chi connectivity index (χ1v) is 8.88. The monoisotopic (exact) mass is 418 g/mol. The lowest BCUT2D eigenvalue weighted by Gasteiger charge is -2.26. The second-order valence-electron chi connectivity index (χ2n) is 4.97. The molecule has 0 saturated heterocycles. The molecule has 0 heterocycles. The Morgan fingerprint density at radius 1 is 0.955 bits per heavy atom. The van der Waals surface area contributed by atoms with Gasteiger partial charge in [-0.3, -0.25) is 0 Å². The van der Waals surface area contributed by atoms with E-state index < -0.39 is 5.60 Å². The molecule has 0 unspecified atom stereocenters. The summed E-state index contributed by atoms with van der Waals surface area (Å²) in [5.41, 5.74) is -0.478. The second kappa shape index (κ2) is 18.0. The zero-order valence-electron chi connectivity index (χ0n) is 13.3. The Kier molecular flexibility index (Phi) is 22.6. The van der Waals surface area contributed by atoms with Crippen LogP contribution in [-0.4, -0.2) is 66.3 Å². The standard InChI is InChI=1S/C9H17Cl2NO2.C4H9Cl2N.ClH/c1-9(2,3)14-8(13)12(6-4-10)7-5-11;5-1-3-7-4-2-6;/h4-7H2,1-3H3;7H,1-4H2;1H. The highest BCUT2D eigenvalue weighted by Gasteiger charge is 2.21. The van der Waals surface area contributed by atoms with Crippen LogP contribution in [0.25, 0.3) is 0 Å². The maximum Gasteiger partial charge on any atom is 0.410 e. The van der Waals surface area contributed by atoms with E-state index >= 15 is 0 Å². The third-order valence-corrected chi connectivity index (χ3v) is 2.62. The maximum absolute atomic E-state index is 11.5.